The fraction of sp³-hybridized carbons (Fsp3) is 0.0909. The highest BCUT2D eigenvalue weighted by Gasteiger charge is 2.09. The van der Waals surface area contributed by atoms with Gasteiger partial charge in [-0.15, -0.1) is 5.10 Å². The Morgan fingerprint density at radius 1 is 1.13 bits per heavy atom. The fourth-order valence-corrected chi connectivity index (χ4v) is 3.69. The van der Waals surface area contributed by atoms with Crippen molar-refractivity contribution in [3.63, 3.8) is 0 Å². The molecule has 3 aromatic carbocycles. The van der Waals surface area contributed by atoms with Gasteiger partial charge in [0.2, 0.25) is 0 Å². The molecule has 3 rings (SSSR count). The zero-order valence-corrected chi connectivity index (χ0v) is 18.9. The van der Waals surface area contributed by atoms with Crippen LogP contribution < -0.4 is 10.5 Å². The number of nitrogens with zero attached hydrogens (tertiary/aromatic N) is 2. The van der Waals surface area contributed by atoms with Crippen LogP contribution in [0.4, 0.5) is 4.39 Å². The summed E-state index contributed by atoms with van der Waals surface area (Å²) in [5, 5.41) is 8.76. The molecule has 0 radical (unpaired) electrons. The van der Waals surface area contributed by atoms with Crippen molar-refractivity contribution in [3.8, 4) is 5.75 Å². The minimum absolute atomic E-state index is 0.00763. The first kappa shape index (κ1) is 22.3. The molecule has 4 nitrogen and oxygen atoms in total. The van der Waals surface area contributed by atoms with Gasteiger partial charge in [-0.3, -0.25) is 0 Å². The van der Waals surface area contributed by atoms with E-state index in [0.717, 1.165) is 10.0 Å². The van der Waals surface area contributed by atoms with E-state index in [1.54, 1.807) is 24.4 Å². The van der Waals surface area contributed by atoms with Crippen molar-refractivity contribution < 1.29 is 9.13 Å². The summed E-state index contributed by atoms with van der Waals surface area (Å²) in [7, 11) is 0. The monoisotopic (exact) mass is 505 g/mol. The van der Waals surface area contributed by atoms with E-state index in [9.17, 15) is 4.39 Å². The Morgan fingerprint density at radius 2 is 1.93 bits per heavy atom. The van der Waals surface area contributed by atoms with Gasteiger partial charge in [0.1, 0.15) is 18.2 Å². The van der Waals surface area contributed by atoms with Gasteiger partial charge in [-0.1, -0.05) is 75.7 Å². The number of rotatable bonds is 7. The maximum atomic E-state index is 14.0. The second-order valence-electron chi connectivity index (χ2n) is 6.13. The molecule has 0 aromatic heterocycles. The smallest absolute Gasteiger partial charge is 0.180 e. The van der Waals surface area contributed by atoms with E-state index in [2.05, 4.69) is 26.1 Å². The van der Waals surface area contributed by atoms with Gasteiger partial charge >= 0.3 is 0 Å². The summed E-state index contributed by atoms with van der Waals surface area (Å²) in [4.78, 5) is 0. The number of hydrogen-bond acceptors (Lipinski definition) is 4. The van der Waals surface area contributed by atoms with E-state index in [4.69, 9.17) is 22.1 Å². The van der Waals surface area contributed by atoms with E-state index >= 15 is 0 Å². The lowest BCUT2D eigenvalue weighted by molar-refractivity contribution is 0.299. The fourth-order valence-electron chi connectivity index (χ4n) is 2.48. The van der Waals surface area contributed by atoms with Crippen molar-refractivity contribution >= 4 is 50.7 Å². The molecule has 0 fully saturated rings. The normalized spacial score (nSPS) is 11.8. The van der Waals surface area contributed by atoms with E-state index in [1.807, 2.05) is 42.5 Å². The molecule has 0 amide bonds. The highest BCUT2D eigenvalue weighted by atomic mass is 79.9. The van der Waals surface area contributed by atoms with Gasteiger partial charge in [-0.05, 0) is 35.9 Å². The Bertz CT molecular complexity index is 1040. The predicted octanol–water partition coefficient (Wildman–Crippen LogP) is 6.40. The molecule has 2 N–H and O–H groups in total. The van der Waals surface area contributed by atoms with Gasteiger partial charge in [0.25, 0.3) is 0 Å². The van der Waals surface area contributed by atoms with E-state index in [-0.39, 0.29) is 6.61 Å². The van der Waals surface area contributed by atoms with Gasteiger partial charge in [-0.2, -0.15) is 5.10 Å². The maximum Gasteiger partial charge on any atom is 0.180 e. The second kappa shape index (κ2) is 11.2. The summed E-state index contributed by atoms with van der Waals surface area (Å²) in [6, 6.07) is 19.9. The maximum absolute atomic E-state index is 14.0. The highest BCUT2D eigenvalue weighted by Crippen LogP contribution is 2.25. The first-order valence-electron chi connectivity index (χ1n) is 8.91. The van der Waals surface area contributed by atoms with Crippen LogP contribution in [0.25, 0.3) is 0 Å². The number of amidine groups is 1. The molecule has 0 saturated carbocycles. The number of thioether (sulfide) groups is 1. The topological polar surface area (TPSA) is 60.0 Å². The first-order valence-corrected chi connectivity index (χ1v) is 11.1. The van der Waals surface area contributed by atoms with E-state index < -0.39 is 5.82 Å². The van der Waals surface area contributed by atoms with Crippen LogP contribution in [0.5, 0.6) is 5.75 Å². The molecular weight excluding hydrogens is 489 g/mol. The third-order valence-corrected chi connectivity index (χ3v) is 5.69. The van der Waals surface area contributed by atoms with E-state index in [0.29, 0.717) is 32.8 Å². The summed E-state index contributed by atoms with van der Waals surface area (Å²) in [6.45, 7) is -0.00763. The Balaban J connectivity index is 1.67. The zero-order chi connectivity index (χ0) is 21.3. The first-order chi connectivity index (χ1) is 14.5. The molecule has 0 saturated heterocycles. The van der Waals surface area contributed by atoms with Crippen LogP contribution in [-0.4, -0.2) is 11.4 Å². The summed E-state index contributed by atoms with van der Waals surface area (Å²) < 4.78 is 20.6. The summed E-state index contributed by atoms with van der Waals surface area (Å²) in [5.74, 6) is 0.815. The second-order valence-corrected chi connectivity index (χ2v) is 8.45. The van der Waals surface area contributed by atoms with Gasteiger partial charge in [0.15, 0.2) is 5.17 Å². The van der Waals surface area contributed by atoms with Gasteiger partial charge in [0.05, 0.1) is 11.2 Å². The predicted molar refractivity (Wildman–Crippen MR) is 127 cm³/mol. The van der Waals surface area contributed by atoms with Crippen molar-refractivity contribution in [1.82, 2.24) is 0 Å². The van der Waals surface area contributed by atoms with E-state index in [1.165, 1.54) is 17.8 Å². The SMILES string of the molecule is NC(=NN=Cc1cc(Br)ccc1OCc1c(F)cccc1Cl)SCc1ccccc1. The molecule has 30 heavy (non-hydrogen) atoms. The average Bonchev–Trinajstić information content (AvgIpc) is 2.74. The summed E-state index contributed by atoms with van der Waals surface area (Å²) in [6.07, 6.45) is 1.54. The molecule has 0 aliphatic rings. The molecule has 0 heterocycles. The van der Waals surface area contributed by atoms with Crippen molar-refractivity contribution in [2.75, 3.05) is 0 Å². The van der Waals surface area contributed by atoms with Crippen LogP contribution >= 0.6 is 39.3 Å². The largest absolute Gasteiger partial charge is 0.488 e. The molecule has 3 aromatic rings. The lowest BCUT2D eigenvalue weighted by Crippen LogP contribution is -2.06. The standard InChI is InChI=1S/C22H18BrClFN3OS/c23-17-9-10-21(29-13-18-19(24)7-4-8-20(18)25)16(11-17)12-27-28-22(26)30-14-15-5-2-1-3-6-15/h1-12H,13-14H2,(H2,26,28). The van der Waals surface area contributed by atoms with Crippen molar-refractivity contribution in [1.29, 1.82) is 0 Å². The van der Waals surface area contributed by atoms with Crippen molar-refractivity contribution in [2.24, 2.45) is 15.9 Å². The Labute approximate surface area is 192 Å². The minimum atomic E-state index is -0.414. The lowest BCUT2D eigenvalue weighted by Gasteiger charge is -2.11. The van der Waals surface area contributed by atoms with Crippen LogP contribution in [0.2, 0.25) is 5.02 Å². The Hall–Kier alpha value is -2.35. The summed E-state index contributed by atoms with van der Waals surface area (Å²) >= 11 is 10.9. The number of benzene rings is 3. The lowest BCUT2D eigenvalue weighted by atomic mass is 10.2. The Kier molecular flexibility index (Phi) is 8.30. The van der Waals surface area contributed by atoms with Crippen LogP contribution in [0.1, 0.15) is 16.7 Å². The quantitative estimate of drug-likeness (QED) is 0.229. The van der Waals surface area contributed by atoms with Crippen LogP contribution in [0, 0.1) is 5.82 Å². The Morgan fingerprint density at radius 3 is 2.70 bits per heavy atom. The number of nitrogens with two attached hydrogens (primary N) is 1. The molecule has 154 valence electrons. The average molecular weight is 507 g/mol. The molecule has 0 aliphatic heterocycles. The number of halogens is 3. The molecule has 8 heteroatoms. The zero-order valence-electron chi connectivity index (χ0n) is 15.8. The highest BCUT2D eigenvalue weighted by molar-refractivity contribution is 9.10. The van der Waals surface area contributed by atoms with Crippen molar-refractivity contribution in [3.05, 3.63) is 98.7 Å². The summed E-state index contributed by atoms with van der Waals surface area (Å²) in [5.41, 5.74) is 8.04. The molecule has 0 unspecified atom stereocenters. The number of ether oxygens (including phenoxy) is 1. The molecule has 0 atom stereocenters. The van der Waals surface area contributed by atoms with Gasteiger partial charge in [0, 0.05) is 21.4 Å². The van der Waals surface area contributed by atoms with Crippen LogP contribution in [-0.2, 0) is 12.4 Å². The van der Waals surface area contributed by atoms with Crippen LogP contribution in [0.15, 0.2) is 81.4 Å². The molecular formula is C22H18BrClFN3OS. The number of hydrogen-bond donors (Lipinski definition) is 1. The third-order valence-electron chi connectivity index (χ3n) is 3.99. The molecule has 0 spiro atoms. The van der Waals surface area contributed by atoms with Gasteiger partial charge < -0.3 is 10.5 Å². The van der Waals surface area contributed by atoms with Gasteiger partial charge in [-0.25, -0.2) is 4.39 Å². The third kappa shape index (κ3) is 6.58. The minimum Gasteiger partial charge on any atom is -0.488 e. The van der Waals surface area contributed by atoms with Crippen molar-refractivity contribution in [2.45, 2.75) is 12.4 Å². The van der Waals surface area contributed by atoms with Crippen LogP contribution in [0.3, 0.4) is 0 Å². The molecule has 0 aliphatic carbocycles. The molecule has 0 bridgehead atoms.